The van der Waals surface area contributed by atoms with E-state index in [9.17, 15) is 14.4 Å². The minimum atomic E-state index is -0.798. The molecule has 394 valence electrons. The van der Waals surface area contributed by atoms with Crippen molar-refractivity contribution in [2.75, 3.05) is 13.2 Å². The molecule has 6 nitrogen and oxygen atoms in total. The Bertz CT molecular complexity index is 1380. The highest BCUT2D eigenvalue weighted by Gasteiger charge is 2.19. The number of rotatable bonds is 51. The van der Waals surface area contributed by atoms with E-state index >= 15 is 0 Å². The number of unbranched alkanes of at least 4 members (excludes halogenated alkanes) is 29. The summed E-state index contributed by atoms with van der Waals surface area (Å²) in [5, 5.41) is 0. The first-order valence-electron chi connectivity index (χ1n) is 28.8. The molecule has 0 bridgehead atoms. The highest BCUT2D eigenvalue weighted by molar-refractivity contribution is 5.71. The molecule has 0 fully saturated rings. The summed E-state index contributed by atoms with van der Waals surface area (Å²) in [6, 6.07) is 0. The average Bonchev–Trinajstić information content (AvgIpc) is 3.35. The zero-order valence-corrected chi connectivity index (χ0v) is 45.0. The van der Waals surface area contributed by atoms with Crippen molar-refractivity contribution >= 4 is 17.9 Å². The number of allylic oxidation sites excluding steroid dienone is 16. The van der Waals surface area contributed by atoms with Gasteiger partial charge in [0, 0.05) is 19.3 Å². The maximum absolute atomic E-state index is 12.9. The number of carbonyl (C=O) groups is 3. The van der Waals surface area contributed by atoms with Gasteiger partial charge in [0.25, 0.3) is 0 Å². The molecule has 0 aromatic carbocycles. The van der Waals surface area contributed by atoms with Crippen molar-refractivity contribution in [2.45, 2.75) is 271 Å². The topological polar surface area (TPSA) is 78.9 Å². The van der Waals surface area contributed by atoms with Crippen molar-refractivity contribution in [2.24, 2.45) is 0 Å². The molecule has 6 heteroatoms. The molecule has 0 rings (SSSR count). The van der Waals surface area contributed by atoms with Crippen LogP contribution in [0, 0.1) is 0 Å². The molecule has 0 heterocycles. The molecule has 0 spiro atoms. The van der Waals surface area contributed by atoms with Crippen LogP contribution in [-0.4, -0.2) is 37.2 Å². The first kappa shape index (κ1) is 65.3. The van der Waals surface area contributed by atoms with Crippen LogP contribution in [0.4, 0.5) is 0 Å². The highest BCUT2D eigenvalue weighted by atomic mass is 16.6. The van der Waals surface area contributed by atoms with Gasteiger partial charge in [-0.2, -0.15) is 0 Å². The minimum absolute atomic E-state index is 0.0937. The smallest absolute Gasteiger partial charge is 0.306 e. The summed E-state index contributed by atoms with van der Waals surface area (Å²) in [4.78, 5) is 38.1. The number of carbonyl (C=O) groups excluding carboxylic acids is 3. The largest absolute Gasteiger partial charge is 0.462 e. The molecule has 0 aliphatic heterocycles. The monoisotopic (exact) mass is 959 g/mol. The second kappa shape index (κ2) is 56.9. The van der Waals surface area contributed by atoms with Crippen LogP contribution in [0.5, 0.6) is 0 Å². The Hall–Kier alpha value is -3.67. The minimum Gasteiger partial charge on any atom is -0.462 e. The van der Waals surface area contributed by atoms with Gasteiger partial charge in [0.05, 0.1) is 0 Å². The van der Waals surface area contributed by atoms with Crippen LogP contribution in [0.2, 0.25) is 0 Å². The van der Waals surface area contributed by atoms with Crippen LogP contribution < -0.4 is 0 Å². The number of hydrogen-bond acceptors (Lipinski definition) is 6. The Labute approximate surface area is 426 Å². The zero-order valence-electron chi connectivity index (χ0n) is 45.0. The second-order valence-electron chi connectivity index (χ2n) is 19.0. The molecule has 0 saturated heterocycles. The molecule has 1 unspecified atom stereocenters. The Morgan fingerprint density at radius 2 is 0.565 bits per heavy atom. The summed E-state index contributed by atoms with van der Waals surface area (Å²) in [6.07, 6.45) is 75.4. The Balaban J connectivity index is 4.41. The van der Waals surface area contributed by atoms with Gasteiger partial charge in [0.2, 0.25) is 0 Å². The summed E-state index contributed by atoms with van der Waals surface area (Å²) in [5.74, 6) is -0.937. The van der Waals surface area contributed by atoms with Crippen LogP contribution in [0.1, 0.15) is 265 Å². The predicted molar refractivity (Wildman–Crippen MR) is 297 cm³/mol. The lowest BCUT2D eigenvalue weighted by Crippen LogP contribution is -2.30. The van der Waals surface area contributed by atoms with Gasteiger partial charge in [0.15, 0.2) is 6.10 Å². The van der Waals surface area contributed by atoms with E-state index in [-0.39, 0.29) is 31.1 Å². The van der Waals surface area contributed by atoms with Crippen molar-refractivity contribution in [3.05, 3.63) is 97.2 Å². The summed E-state index contributed by atoms with van der Waals surface area (Å²) < 4.78 is 16.8. The Morgan fingerprint density at radius 1 is 0.304 bits per heavy atom. The van der Waals surface area contributed by atoms with Gasteiger partial charge in [-0.05, 0) is 89.9 Å². The first-order valence-corrected chi connectivity index (χ1v) is 28.8. The van der Waals surface area contributed by atoms with Crippen LogP contribution in [0.15, 0.2) is 97.2 Å². The van der Waals surface area contributed by atoms with E-state index in [1.807, 2.05) is 30.4 Å². The van der Waals surface area contributed by atoms with Crippen molar-refractivity contribution < 1.29 is 28.6 Å². The normalized spacial score (nSPS) is 12.8. The third-order valence-electron chi connectivity index (χ3n) is 12.2. The van der Waals surface area contributed by atoms with Gasteiger partial charge >= 0.3 is 17.9 Å². The number of esters is 3. The van der Waals surface area contributed by atoms with Crippen LogP contribution in [0.3, 0.4) is 0 Å². The van der Waals surface area contributed by atoms with E-state index in [0.717, 1.165) is 70.6 Å². The lowest BCUT2D eigenvalue weighted by Gasteiger charge is -2.18. The van der Waals surface area contributed by atoms with Gasteiger partial charge < -0.3 is 14.2 Å². The van der Waals surface area contributed by atoms with Crippen molar-refractivity contribution in [3.8, 4) is 0 Å². The molecule has 0 aliphatic carbocycles. The fourth-order valence-corrected chi connectivity index (χ4v) is 7.85. The quantitative estimate of drug-likeness (QED) is 0.0262. The lowest BCUT2D eigenvalue weighted by atomic mass is 10.1. The molecule has 0 aliphatic rings. The summed E-state index contributed by atoms with van der Waals surface area (Å²) in [7, 11) is 0. The van der Waals surface area contributed by atoms with Crippen LogP contribution in [0.25, 0.3) is 0 Å². The van der Waals surface area contributed by atoms with E-state index in [1.54, 1.807) is 0 Å². The van der Waals surface area contributed by atoms with E-state index < -0.39 is 6.10 Å². The zero-order chi connectivity index (χ0) is 50.0. The van der Waals surface area contributed by atoms with E-state index in [0.29, 0.717) is 19.3 Å². The Kier molecular flexibility index (Phi) is 53.9. The first-order chi connectivity index (χ1) is 34.0. The maximum Gasteiger partial charge on any atom is 0.306 e. The fourth-order valence-electron chi connectivity index (χ4n) is 7.85. The molecule has 0 N–H and O–H groups in total. The van der Waals surface area contributed by atoms with Gasteiger partial charge in [0.1, 0.15) is 13.2 Å². The van der Waals surface area contributed by atoms with Gasteiger partial charge in [-0.3, -0.25) is 14.4 Å². The van der Waals surface area contributed by atoms with Crippen LogP contribution >= 0.6 is 0 Å². The number of ether oxygens (including phenoxy) is 3. The molecule has 0 radical (unpaired) electrons. The maximum atomic E-state index is 12.9. The molecule has 69 heavy (non-hydrogen) atoms. The summed E-state index contributed by atoms with van der Waals surface area (Å²) in [5.41, 5.74) is 0. The van der Waals surface area contributed by atoms with Crippen molar-refractivity contribution in [3.63, 3.8) is 0 Å². The SMILES string of the molecule is CC\C=C/C=C\C=C/C=C\CCCCCC(=O)OCC(COC(=O)CCCCCCCCCCCC/C=C\C=C/CCCCC)OC(=O)CCCCCCCCCCCC/C=C\C=C/CCCCC. The molecule has 1 atom stereocenters. The average molecular weight is 960 g/mol. The summed E-state index contributed by atoms with van der Waals surface area (Å²) >= 11 is 0. The second-order valence-corrected chi connectivity index (χ2v) is 19.0. The predicted octanol–water partition coefficient (Wildman–Crippen LogP) is 19.3. The molecule has 0 aromatic heterocycles. The van der Waals surface area contributed by atoms with Crippen molar-refractivity contribution in [1.82, 2.24) is 0 Å². The van der Waals surface area contributed by atoms with E-state index in [2.05, 4.69) is 87.6 Å². The number of hydrogen-bond donors (Lipinski definition) is 0. The fraction of sp³-hybridized carbons (Fsp3) is 0.698. The van der Waals surface area contributed by atoms with Gasteiger partial charge in [-0.15, -0.1) is 0 Å². The van der Waals surface area contributed by atoms with Crippen molar-refractivity contribution in [1.29, 1.82) is 0 Å². The van der Waals surface area contributed by atoms with E-state index in [4.69, 9.17) is 14.2 Å². The molecular weight excluding hydrogens is 853 g/mol. The molecule has 0 amide bonds. The summed E-state index contributed by atoms with van der Waals surface area (Å²) in [6.45, 7) is 6.41. The van der Waals surface area contributed by atoms with Crippen LogP contribution in [-0.2, 0) is 28.6 Å². The molecular formula is C63H106O6. The van der Waals surface area contributed by atoms with Gasteiger partial charge in [-0.25, -0.2) is 0 Å². The Morgan fingerprint density at radius 3 is 0.913 bits per heavy atom. The highest BCUT2D eigenvalue weighted by Crippen LogP contribution is 2.15. The molecule has 0 saturated carbocycles. The standard InChI is InChI=1S/C63H106O6/c1-4-7-10-13-16-19-22-25-27-29-31-33-35-38-41-44-47-50-53-56-62(65)68-59-60(58-67-61(64)55-52-49-46-43-40-37-24-21-18-15-12-9-6-3)69-63(66)57-54-51-48-45-42-39-36-34-32-30-28-26-23-20-17-14-11-8-5-2/h9,12,15-26,37,40,60H,4-8,10-11,13-14,27-36,38-39,41-59H2,1-3H3/b12-9-,18-15-,19-16-,20-17-,24-21-,25-22-,26-23-,40-37-. The van der Waals surface area contributed by atoms with E-state index in [1.165, 1.54) is 154 Å². The third-order valence-corrected chi connectivity index (χ3v) is 12.2. The lowest BCUT2D eigenvalue weighted by molar-refractivity contribution is -0.167. The molecule has 0 aromatic rings. The van der Waals surface area contributed by atoms with Gasteiger partial charge in [-0.1, -0.05) is 253 Å². The third kappa shape index (κ3) is 55.1.